The molecule has 0 saturated heterocycles. The van der Waals surface area contributed by atoms with Crippen LogP contribution in [-0.2, 0) is 13.0 Å². The van der Waals surface area contributed by atoms with Crippen LogP contribution in [0.5, 0.6) is 0 Å². The van der Waals surface area contributed by atoms with Gasteiger partial charge in [-0.3, -0.25) is 9.59 Å². The second-order valence-corrected chi connectivity index (χ2v) is 8.15. The molecule has 0 atom stereocenters. The van der Waals surface area contributed by atoms with Gasteiger partial charge in [-0.25, -0.2) is 9.37 Å². The number of nitrogens with zero attached hydrogens (tertiary/aromatic N) is 2. The number of hydrogen-bond donors (Lipinski definition) is 1. The van der Waals surface area contributed by atoms with E-state index in [1.165, 1.54) is 12.1 Å². The van der Waals surface area contributed by atoms with Crippen molar-refractivity contribution in [2.75, 3.05) is 5.32 Å². The molecule has 2 aromatic carbocycles. The van der Waals surface area contributed by atoms with E-state index in [4.69, 9.17) is 4.42 Å². The summed E-state index contributed by atoms with van der Waals surface area (Å²) in [7, 11) is 0. The van der Waals surface area contributed by atoms with Crippen molar-refractivity contribution in [2.24, 2.45) is 0 Å². The zero-order valence-electron chi connectivity index (χ0n) is 18.1. The molecule has 0 aliphatic heterocycles. The highest BCUT2D eigenvalue weighted by atomic mass is 19.1. The lowest BCUT2D eigenvalue weighted by Gasteiger charge is -2.12. The van der Waals surface area contributed by atoms with E-state index in [9.17, 15) is 14.0 Å². The van der Waals surface area contributed by atoms with Crippen molar-refractivity contribution in [2.45, 2.75) is 32.7 Å². The minimum atomic E-state index is -0.451. The maximum absolute atomic E-state index is 13.5. The number of fused-ring (bicyclic) bond motifs is 1. The van der Waals surface area contributed by atoms with Gasteiger partial charge in [0.2, 0.25) is 0 Å². The van der Waals surface area contributed by atoms with Crippen molar-refractivity contribution in [3.63, 3.8) is 0 Å². The Labute approximate surface area is 190 Å². The number of carbonyl (C=O) groups is 2. The molecule has 2 heterocycles. The summed E-state index contributed by atoms with van der Waals surface area (Å²) < 4.78 is 21.1. The number of ketones is 1. The third kappa shape index (κ3) is 3.98. The van der Waals surface area contributed by atoms with Crippen LogP contribution in [-0.4, -0.2) is 21.2 Å². The molecule has 0 bridgehead atoms. The van der Waals surface area contributed by atoms with E-state index in [1.54, 1.807) is 25.4 Å². The minimum Gasteiger partial charge on any atom is -0.455 e. The summed E-state index contributed by atoms with van der Waals surface area (Å²) in [6, 6.07) is 15.7. The summed E-state index contributed by atoms with van der Waals surface area (Å²) in [6.07, 6.45) is 3.47. The molecule has 0 saturated carbocycles. The third-order valence-electron chi connectivity index (χ3n) is 5.90. The molecule has 2 aromatic heterocycles. The van der Waals surface area contributed by atoms with Crippen LogP contribution < -0.4 is 5.32 Å². The Morgan fingerprint density at radius 1 is 1.12 bits per heavy atom. The zero-order valence-corrected chi connectivity index (χ0v) is 18.1. The van der Waals surface area contributed by atoms with E-state index in [-0.39, 0.29) is 17.4 Å². The fourth-order valence-electron chi connectivity index (χ4n) is 4.26. The number of furan rings is 1. The Balaban J connectivity index is 1.53. The Morgan fingerprint density at radius 3 is 2.61 bits per heavy atom. The van der Waals surface area contributed by atoms with Crippen molar-refractivity contribution in [3.8, 4) is 11.3 Å². The summed E-state index contributed by atoms with van der Waals surface area (Å²) in [5.41, 5.74) is 3.31. The number of imidazole rings is 1. The molecule has 1 aliphatic carbocycles. The molecule has 0 spiro atoms. The predicted molar refractivity (Wildman–Crippen MR) is 122 cm³/mol. The number of nitrogens with one attached hydrogen (secondary N) is 1. The van der Waals surface area contributed by atoms with Crippen molar-refractivity contribution in [1.29, 1.82) is 0 Å². The molecule has 6 nitrogen and oxygen atoms in total. The molecule has 0 radical (unpaired) electrons. The van der Waals surface area contributed by atoms with Gasteiger partial charge in [0.05, 0.1) is 18.4 Å². The summed E-state index contributed by atoms with van der Waals surface area (Å²) >= 11 is 0. The Hall–Kier alpha value is -4.00. The van der Waals surface area contributed by atoms with Crippen LogP contribution in [0.1, 0.15) is 50.6 Å². The normalized spacial score (nSPS) is 13.1. The Kier molecular flexibility index (Phi) is 5.38. The van der Waals surface area contributed by atoms with Gasteiger partial charge >= 0.3 is 0 Å². The number of carbonyl (C=O) groups excluding carboxylic acids is 2. The van der Waals surface area contributed by atoms with Crippen molar-refractivity contribution in [1.82, 2.24) is 9.55 Å². The molecule has 1 aliphatic rings. The summed E-state index contributed by atoms with van der Waals surface area (Å²) in [6.45, 7) is 2.22. The van der Waals surface area contributed by atoms with Crippen LogP contribution in [0.25, 0.3) is 11.3 Å². The Bertz CT molecular complexity index is 1340. The number of rotatable bonds is 5. The van der Waals surface area contributed by atoms with Crippen LogP contribution in [0.2, 0.25) is 0 Å². The van der Waals surface area contributed by atoms with Gasteiger partial charge in [0, 0.05) is 24.0 Å². The lowest BCUT2D eigenvalue weighted by Crippen LogP contribution is -2.17. The predicted octanol–water partition coefficient (Wildman–Crippen LogP) is 5.41. The molecule has 33 heavy (non-hydrogen) atoms. The van der Waals surface area contributed by atoms with Crippen LogP contribution in [0.15, 0.2) is 65.3 Å². The highest BCUT2D eigenvalue weighted by molar-refractivity contribution is 6.08. The SMILES string of the molecule is Cc1c(C(=O)Nc2c(-c3ccc(F)cc3)ncn2Cc2ccccc2)oc2c1C(=O)CCC2. The van der Waals surface area contributed by atoms with Crippen molar-refractivity contribution in [3.05, 3.63) is 95.0 Å². The topological polar surface area (TPSA) is 77.1 Å². The summed E-state index contributed by atoms with van der Waals surface area (Å²) in [5, 5.41) is 2.94. The minimum absolute atomic E-state index is 0.0117. The van der Waals surface area contributed by atoms with E-state index < -0.39 is 5.91 Å². The van der Waals surface area contributed by atoms with E-state index in [2.05, 4.69) is 10.3 Å². The number of halogens is 1. The highest BCUT2D eigenvalue weighted by Gasteiger charge is 2.29. The molecule has 5 rings (SSSR count). The lowest BCUT2D eigenvalue weighted by atomic mass is 9.94. The average Bonchev–Trinajstić information content (AvgIpc) is 3.36. The van der Waals surface area contributed by atoms with Gasteiger partial charge in [-0.05, 0) is 43.2 Å². The first kappa shape index (κ1) is 20.9. The molecular formula is C26H22FN3O3. The molecular weight excluding hydrogens is 421 g/mol. The molecule has 4 aromatic rings. The van der Waals surface area contributed by atoms with E-state index in [1.807, 2.05) is 34.9 Å². The standard InChI is InChI=1S/C26H22FN3O3/c1-16-22-20(31)8-5-9-21(22)33-24(16)26(32)29-25-23(18-10-12-19(27)13-11-18)28-15-30(25)14-17-6-3-2-4-7-17/h2-4,6-7,10-13,15H,5,8-9,14H2,1H3,(H,29,32). The summed E-state index contributed by atoms with van der Waals surface area (Å²) in [4.78, 5) is 30.1. The molecule has 7 heteroatoms. The number of aryl methyl sites for hydroxylation is 1. The quantitative estimate of drug-likeness (QED) is 0.447. The van der Waals surface area contributed by atoms with Gasteiger partial charge in [-0.1, -0.05) is 30.3 Å². The number of hydrogen-bond acceptors (Lipinski definition) is 4. The summed E-state index contributed by atoms with van der Waals surface area (Å²) in [5.74, 6) is 0.383. The maximum Gasteiger partial charge on any atom is 0.292 e. The first-order valence-corrected chi connectivity index (χ1v) is 10.8. The number of Topliss-reactive ketones (excluding diaryl/α,β-unsaturated/α-hetero) is 1. The molecule has 1 N–H and O–H groups in total. The monoisotopic (exact) mass is 443 g/mol. The first-order chi connectivity index (χ1) is 16.0. The fourth-order valence-corrected chi connectivity index (χ4v) is 4.26. The van der Waals surface area contributed by atoms with Crippen molar-refractivity contribution >= 4 is 17.5 Å². The maximum atomic E-state index is 13.5. The Morgan fingerprint density at radius 2 is 1.88 bits per heavy atom. The van der Waals surface area contributed by atoms with E-state index >= 15 is 0 Å². The van der Waals surface area contributed by atoms with Crippen LogP contribution >= 0.6 is 0 Å². The first-order valence-electron chi connectivity index (χ1n) is 10.8. The van der Waals surface area contributed by atoms with Gasteiger partial charge in [0.15, 0.2) is 11.5 Å². The second-order valence-electron chi connectivity index (χ2n) is 8.15. The van der Waals surface area contributed by atoms with Gasteiger partial charge in [-0.2, -0.15) is 0 Å². The number of benzene rings is 2. The molecule has 166 valence electrons. The van der Waals surface area contributed by atoms with Gasteiger partial charge < -0.3 is 14.3 Å². The lowest BCUT2D eigenvalue weighted by molar-refractivity contribution is 0.0963. The number of aromatic nitrogens is 2. The van der Waals surface area contributed by atoms with Gasteiger partial charge in [-0.15, -0.1) is 0 Å². The highest BCUT2D eigenvalue weighted by Crippen LogP contribution is 2.32. The average molecular weight is 443 g/mol. The van der Waals surface area contributed by atoms with Crippen molar-refractivity contribution < 1.29 is 18.4 Å². The largest absolute Gasteiger partial charge is 0.455 e. The molecule has 0 unspecified atom stereocenters. The fraction of sp³-hybridized carbons (Fsp3) is 0.192. The third-order valence-corrected chi connectivity index (χ3v) is 5.90. The van der Waals surface area contributed by atoms with Gasteiger partial charge in [0.25, 0.3) is 5.91 Å². The second kappa shape index (κ2) is 8.50. The van der Waals surface area contributed by atoms with Crippen LogP contribution in [0.3, 0.4) is 0 Å². The van der Waals surface area contributed by atoms with E-state index in [0.29, 0.717) is 53.3 Å². The number of amides is 1. The van der Waals surface area contributed by atoms with E-state index in [0.717, 1.165) is 12.0 Å². The van der Waals surface area contributed by atoms with Gasteiger partial charge in [0.1, 0.15) is 23.1 Å². The molecule has 0 fully saturated rings. The number of anilines is 1. The smallest absolute Gasteiger partial charge is 0.292 e. The molecule has 1 amide bonds. The van der Waals surface area contributed by atoms with Crippen LogP contribution in [0.4, 0.5) is 10.2 Å². The zero-order chi connectivity index (χ0) is 22.9. The van der Waals surface area contributed by atoms with Crippen LogP contribution in [0, 0.1) is 12.7 Å².